The van der Waals surface area contributed by atoms with Gasteiger partial charge in [0.1, 0.15) is 12.2 Å². The highest BCUT2D eigenvalue weighted by atomic mass is 15.4. The van der Waals surface area contributed by atoms with Crippen LogP contribution in [-0.4, -0.2) is 26.4 Å². The van der Waals surface area contributed by atoms with E-state index >= 15 is 0 Å². The van der Waals surface area contributed by atoms with E-state index in [1.807, 2.05) is 11.7 Å². The van der Waals surface area contributed by atoms with E-state index in [0.29, 0.717) is 12.1 Å². The second-order valence-corrected chi connectivity index (χ2v) is 5.08. The van der Waals surface area contributed by atoms with Crippen LogP contribution in [0, 0.1) is 0 Å². The zero-order valence-corrected chi connectivity index (χ0v) is 12.2. The van der Waals surface area contributed by atoms with Crippen molar-refractivity contribution < 1.29 is 0 Å². The largest absolute Gasteiger partial charge is 0.346 e. The summed E-state index contributed by atoms with van der Waals surface area (Å²) >= 11 is 0. The molecule has 2 aromatic heterocycles. The predicted octanol–water partition coefficient (Wildman–Crippen LogP) is 2.38. The molecular weight excluding hydrogens is 238 g/mol. The zero-order valence-electron chi connectivity index (χ0n) is 12.2. The van der Waals surface area contributed by atoms with Gasteiger partial charge in [0, 0.05) is 24.5 Å². The molecule has 19 heavy (non-hydrogen) atoms. The molecule has 0 bridgehead atoms. The summed E-state index contributed by atoms with van der Waals surface area (Å²) in [5.41, 5.74) is 1.32. The molecule has 1 atom stereocenters. The van der Waals surface area contributed by atoms with Crippen LogP contribution in [0.2, 0.25) is 0 Å². The minimum atomic E-state index is 0.341. The molecule has 1 unspecified atom stereocenters. The molecule has 0 aliphatic carbocycles. The number of nitrogens with one attached hydrogen (secondary N) is 1. The van der Waals surface area contributed by atoms with E-state index in [4.69, 9.17) is 0 Å². The molecular formula is C14H23N5. The lowest BCUT2D eigenvalue weighted by atomic mass is 10.1. The quantitative estimate of drug-likeness (QED) is 0.868. The molecule has 5 nitrogen and oxygen atoms in total. The van der Waals surface area contributed by atoms with E-state index in [1.54, 1.807) is 6.33 Å². The molecule has 0 aromatic carbocycles. The molecule has 0 amide bonds. The molecule has 0 aliphatic heterocycles. The number of hydrogen-bond donors (Lipinski definition) is 1. The second-order valence-electron chi connectivity index (χ2n) is 5.08. The van der Waals surface area contributed by atoms with Gasteiger partial charge in [0.15, 0.2) is 0 Å². The number of hydrogen-bond acceptors (Lipinski definition) is 3. The molecule has 104 valence electrons. The van der Waals surface area contributed by atoms with Gasteiger partial charge in [-0.2, -0.15) is 5.10 Å². The zero-order chi connectivity index (χ0) is 13.8. The van der Waals surface area contributed by atoms with Crippen LogP contribution in [0.5, 0.6) is 0 Å². The average molecular weight is 261 g/mol. The normalized spacial score (nSPS) is 13.1. The molecule has 0 radical (unpaired) electrons. The third-order valence-electron chi connectivity index (χ3n) is 3.39. The fourth-order valence-corrected chi connectivity index (χ4v) is 2.35. The van der Waals surface area contributed by atoms with Crippen LogP contribution in [0.4, 0.5) is 0 Å². The maximum atomic E-state index is 4.34. The van der Waals surface area contributed by atoms with E-state index in [2.05, 4.69) is 59.2 Å². The van der Waals surface area contributed by atoms with Crippen LogP contribution in [0.25, 0.3) is 0 Å². The second kappa shape index (κ2) is 6.02. The van der Waals surface area contributed by atoms with Gasteiger partial charge in [0.05, 0.1) is 6.54 Å². The molecule has 5 heteroatoms. The van der Waals surface area contributed by atoms with Crippen LogP contribution in [0.1, 0.15) is 50.7 Å². The first-order valence-corrected chi connectivity index (χ1v) is 6.87. The summed E-state index contributed by atoms with van der Waals surface area (Å²) in [7, 11) is 2.00. The number of aromatic nitrogens is 4. The molecule has 0 aliphatic rings. The Morgan fingerprint density at radius 2 is 2.16 bits per heavy atom. The molecule has 2 aromatic rings. The fourth-order valence-electron chi connectivity index (χ4n) is 2.35. The minimum absolute atomic E-state index is 0.341. The van der Waals surface area contributed by atoms with Crippen molar-refractivity contribution in [1.29, 1.82) is 0 Å². The summed E-state index contributed by atoms with van der Waals surface area (Å²) < 4.78 is 4.13. The van der Waals surface area contributed by atoms with Gasteiger partial charge in [-0.1, -0.05) is 6.92 Å². The van der Waals surface area contributed by atoms with E-state index in [-0.39, 0.29) is 0 Å². The third kappa shape index (κ3) is 3.04. The Balaban J connectivity index is 2.13. The van der Waals surface area contributed by atoms with Crippen molar-refractivity contribution in [2.24, 2.45) is 0 Å². The van der Waals surface area contributed by atoms with Gasteiger partial charge in [0.2, 0.25) is 0 Å². The summed E-state index contributed by atoms with van der Waals surface area (Å²) in [6, 6.07) is 2.93. The predicted molar refractivity (Wildman–Crippen MR) is 76.0 cm³/mol. The minimum Gasteiger partial charge on any atom is -0.346 e. The highest BCUT2D eigenvalue weighted by molar-refractivity contribution is 5.15. The maximum absolute atomic E-state index is 4.34. The van der Waals surface area contributed by atoms with Gasteiger partial charge >= 0.3 is 0 Å². The highest BCUT2D eigenvalue weighted by Gasteiger charge is 2.11. The summed E-state index contributed by atoms with van der Waals surface area (Å²) in [6.45, 7) is 7.19. The van der Waals surface area contributed by atoms with Crippen LogP contribution >= 0.6 is 0 Å². The van der Waals surface area contributed by atoms with Crippen molar-refractivity contribution in [3.63, 3.8) is 0 Å². The summed E-state index contributed by atoms with van der Waals surface area (Å²) in [5.74, 6) is 0.995. The van der Waals surface area contributed by atoms with Gasteiger partial charge in [-0.3, -0.25) is 0 Å². The number of rotatable bonds is 6. The van der Waals surface area contributed by atoms with Crippen molar-refractivity contribution in [1.82, 2.24) is 24.6 Å². The molecule has 0 saturated heterocycles. The standard InChI is InChI=1S/C14H23N5/c1-5-13(15-4)12-6-7-18(8-12)9-14-16-10-17-19(14)11(2)3/h6-8,10-11,13,15H,5,9H2,1-4H3. The van der Waals surface area contributed by atoms with Crippen LogP contribution in [-0.2, 0) is 6.54 Å². The third-order valence-corrected chi connectivity index (χ3v) is 3.39. The summed E-state index contributed by atoms with van der Waals surface area (Å²) in [4.78, 5) is 4.34. The topological polar surface area (TPSA) is 47.7 Å². The number of nitrogens with zero attached hydrogens (tertiary/aromatic N) is 4. The molecule has 0 saturated carbocycles. The Kier molecular flexibility index (Phi) is 4.37. The molecule has 0 fully saturated rings. The van der Waals surface area contributed by atoms with Crippen LogP contribution < -0.4 is 5.32 Å². The Morgan fingerprint density at radius 3 is 2.79 bits per heavy atom. The highest BCUT2D eigenvalue weighted by Crippen LogP contribution is 2.17. The molecule has 2 rings (SSSR count). The lowest BCUT2D eigenvalue weighted by molar-refractivity contribution is 0.496. The lowest BCUT2D eigenvalue weighted by Crippen LogP contribution is -2.14. The van der Waals surface area contributed by atoms with E-state index < -0.39 is 0 Å². The average Bonchev–Trinajstić information content (AvgIpc) is 3.01. The van der Waals surface area contributed by atoms with E-state index in [1.165, 1.54) is 5.56 Å². The molecule has 0 spiro atoms. The molecule has 1 N–H and O–H groups in total. The summed E-state index contributed by atoms with van der Waals surface area (Å²) in [5, 5.41) is 7.59. The van der Waals surface area contributed by atoms with Crippen molar-refractivity contribution >= 4 is 0 Å². The smallest absolute Gasteiger partial charge is 0.147 e. The van der Waals surface area contributed by atoms with Gasteiger partial charge in [-0.25, -0.2) is 9.67 Å². The van der Waals surface area contributed by atoms with Crippen molar-refractivity contribution in [3.8, 4) is 0 Å². The Morgan fingerprint density at radius 1 is 1.37 bits per heavy atom. The lowest BCUT2D eigenvalue weighted by Gasteiger charge is -2.12. The van der Waals surface area contributed by atoms with E-state index in [0.717, 1.165) is 18.8 Å². The van der Waals surface area contributed by atoms with E-state index in [9.17, 15) is 0 Å². The van der Waals surface area contributed by atoms with Crippen LogP contribution in [0.15, 0.2) is 24.8 Å². The van der Waals surface area contributed by atoms with Crippen molar-refractivity contribution in [2.45, 2.75) is 45.8 Å². The Hall–Kier alpha value is -1.62. The molecule has 2 heterocycles. The first kappa shape index (κ1) is 13.8. The van der Waals surface area contributed by atoms with Gasteiger partial charge in [-0.15, -0.1) is 0 Å². The van der Waals surface area contributed by atoms with Crippen LogP contribution in [0.3, 0.4) is 0 Å². The SMILES string of the molecule is CCC(NC)c1ccn(Cc2ncnn2C(C)C)c1. The summed E-state index contributed by atoms with van der Waals surface area (Å²) in [6.07, 6.45) is 7.00. The Labute approximate surface area is 114 Å². The van der Waals surface area contributed by atoms with Crippen molar-refractivity contribution in [3.05, 3.63) is 36.2 Å². The Bertz CT molecular complexity index is 507. The first-order chi connectivity index (χ1) is 9.15. The fraction of sp³-hybridized carbons (Fsp3) is 0.571. The first-order valence-electron chi connectivity index (χ1n) is 6.87. The van der Waals surface area contributed by atoms with Gasteiger partial charge in [-0.05, 0) is 38.9 Å². The monoisotopic (exact) mass is 261 g/mol. The van der Waals surface area contributed by atoms with Gasteiger partial charge < -0.3 is 9.88 Å². The maximum Gasteiger partial charge on any atom is 0.147 e. The van der Waals surface area contributed by atoms with Crippen molar-refractivity contribution in [2.75, 3.05) is 7.05 Å². The van der Waals surface area contributed by atoms with Gasteiger partial charge in [0.25, 0.3) is 0 Å².